The Kier molecular flexibility index (Phi) is 6.48. The lowest BCUT2D eigenvalue weighted by atomic mass is 9.90. The molecule has 2 aromatic carbocycles. The van der Waals surface area contributed by atoms with E-state index in [0.717, 1.165) is 50.0 Å². The van der Waals surface area contributed by atoms with Crippen molar-refractivity contribution in [2.45, 2.75) is 38.8 Å². The van der Waals surface area contributed by atoms with Crippen LogP contribution in [0.2, 0.25) is 0 Å². The van der Waals surface area contributed by atoms with E-state index in [9.17, 15) is 9.59 Å². The van der Waals surface area contributed by atoms with Crippen LogP contribution in [0.15, 0.2) is 54.6 Å². The van der Waals surface area contributed by atoms with Crippen molar-refractivity contribution < 1.29 is 9.59 Å². The zero-order valence-corrected chi connectivity index (χ0v) is 17.7. The molecule has 5 nitrogen and oxygen atoms in total. The van der Waals surface area contributed by atoms with Crippen molar-refractivity contribution in [2.24, 2.45) is 5.92 Å². The van der Waals surface area contributed by atoms with E-state index in [2.05, 4.69) is 29.3 Å². The highest BCUT2D eigenvalue weighted by atomic mass is 16.2. The number of carbonyl (C=O) groups is 2. The summed E-state index contributed by atoms with van der Waals surface area (Å²) in [6, 6.07) is 17.7. The van der Waals surface area contributed by atoms with Gasteiger partial charge in [0.15, 0.2) is 0 Å². The SMILES string of the molecule is CC1CCN(C(=O)[C@@H]2c3ccccc3CCN2CC(=O)NCc2ccccc2)CC1. The highest BCUT2D eigenvalue weighted by Crippen LogP contribution is 2.32. The van der Waals surface area contributed by atoms with Crippen molar-refractivity contribution in [3.63, 3.8) is 0 Å². The quantitative estimate of drug-likeness (QED) is 0.831. The minimum absolute atomic E-state index is 0.0386. The third-order valence-electron chi connectivity index (χ3n) is 6.39. The van der Waals surface area contributed by atoms with E-state index in [-0.39, 0.29) is 24.4 Å². The number of rotatable bonds is 5. The average molecular weight is 406 g/mol. The maximum atomic E-state index is 13.5. The number of hydrogen-bond acceptors (Lipinski definition) is 3. The van der Waals surface area contributed by atoms with E-state index in [0.29, 0.717) is 12.5 Å². The van der Waals surface area contributed by atoms with E-state index < -0.39 is 0 Å². The normalized spacial score (nSPS) is 19.9. The minimum atomic E-state index is -0.370. The Bertz CT molecular complexity index is 875. The van der Waals surface area contributed by atoms with Gasteiger partial charge in [-0.2, -0.15) is 0 Å². The number of likely N-dealkylation sites (tertiary alicyclic amines) is 1. The topological polar surface area (TPSA) is 52.7 Å². The number of carbonyl (C=O) groups excluding carboxylic acids is 2. The van der Waals surface area contributed by atoms with E-state index >= 15 is 0 Å². The van der Waals surface area contributed by atoms with Crippen LogP contribution in [-0.2, 0) is 22.6 Å². The molecule has 2 heterocycles. The third-order valence-corrected chi connectivity index (χ3v) is 6.39. The van der Waals surface area contributed by atoms with Gasteiger partial charge in [0.1, 0.15) is 6.04 Å². The average Bonchev–Trinajstić information content (AvgIpc) is 2.78. The largest absolute Gasteiger partial charge is 0.351 e. The smallest absolute Gasteiger partial charge is 0.244 e. The second kappa shape index (κ2) is 9.43. The molecule has 0 aliphatic carbocycles. The van der Waals surface area contributed by atoms with Crippen LogP contribution in [0.25, 0.3) is 0 Å². The molecule has 5 heteroatoms. The maximum absolute atomic E-state index is 13.5. The lowest BCUT2D eigenvalue weighted by Gasteiger charge is -2.40. The van der Waals surface area contributed by atoms with Crippen LogP contribution in [0.1, 0.15) is 42.5 Å². The van der Waals surface area contributed by atoms with Gasteiger partial charge in [0.25, 0.3) is 0 Å². The number of fused-ring (bicyclic) bond motifs is 1. The summed E-state index contributed by atoms with van der Waals surface area (Å²) in [7, 11) is 0. The molecule has 0 bridgehead atoms. The summed E-state index contributed by atoms with van der Waals surface area (Å²) >= 11 is 0. The fourth-order valence-corrected chi connectivity index (χ4v) is 4.52. The monoisotopic (exact) mass is 405 g/mol. The second-order valence-electron chi connectivity index (χ2n) is 8.59. The van der Waals surface area contributed by atoms with Crippen LogP contribution < -0.4 is 5.32 Å². The molecule has 2 aliphatic rings. The first kappa shape index (κ1) is 20.6. The molecule has 0 spiro atoms. The van der Waals surface area contributed by atoms with Gasteiger partial charge in [-0.05, 0) is 41.9 Å². The van der Waals surface area contributed by atoms with Crippen LogP contribution in [0.4, 0.5) is 0 Å². The van der Waals surface area contributed by atoms with E-state index in [1.807, 2.05) is 47.4 Å². The van der Waals surface area contributed by atoms with Crippen molar-refractivity contribution in [2.75, 3.05) is 26.2 Å². The van der Waals surface area contributed by atoms with E-state index in [1.54, 1.807) is 0 Å². The summed E-state index contributed by atoms with van der Waals surface area (Å²) in [5, 5.41) is 3.01. The fraction of sp³-hybridized carbons (Fsp3) is 0.440. The molecule has 0 unspecified atom stereocenters. The van der Waals surface area contributed by atoms with Crippen molar-refractivity contribution in [3.05, 3.63) is 71.3 Å². The molecule has 0 saturated carbocycles. The molecular weight excluding hydrogens is 374 g/mol. The van der Waals surface area contributed by atoms with Gasteiger partial charge >= 0.3 is 0 Å². The second-order valence-corrected chi connectivity index (χ2v) is 8.59. The molecule has 0 radical (unpaired) electrons. The molecule has 30 heavy (non-hydrogen) atoms. The minimum Gasteiger partial charge on any atom is -0.351 e. The van der Waals surface area contributed by atoms with Gasteiger partial charge in [-0.25, -0.2) is 0 Å². The predicted molar refractivity (Wildman–Crippen MR) is 118 cm³/mol. The van der Waals surface area contributed by atoms with Crippen LogP contribution in [0.3, 0.4) is 0 Å². The van der Waals surface area contributed by atoms with Gasteiger partial charge in [0.2, 0.25) is 11.8 Å². The van der Waals surface area contributed by atoms with Crippen LogP contribution in [-0.4, -0.2) is 47.8 Å². The van der Waals surface area contributed by atoms with Crippen molar-refractivity contribution in [1.82, 2.24) is 15.1 Å². The summed E-state index contributed by atoms with van der Waals surface area (Å²) in [5.74, 6) is 0.778. The van der Waals surface area contributed by atoms with Crippen LogP contribution in [0.5, 0.6) is 0 Å². The molecule has 2 aromatic rings. The number of amides is 2. The zero-order valence-electron chi connectivity index (χ0n) is 17.7. The van der Waals surface area contributed by atoms with Gasteiger partial charge in [-0.1, -0.05) is 61.5 Å². The summed E-state index contributed by atoms with van der Waals surface area (Å²) in [5.41, 5.74) is 3.36. The number of nitrogens with one attached hydrogen (secondary N) is 1. The summed E-state index contributed by atoms with van der Waals surface area (Å²) in [4.78, 5) is 30.3. The molecular formula is C25H31N3O2. The molecule has 2 aliphatic heterocycles. The Morgan fingerprint density at radius 2 is 1.67 bits per heavy atom. The van der Waals surface area contributed by atoms with E-state index in [4.69, 9.17) is 0 Å². The molecule has 1 fully saturated rings. The Balaban J connectivity index is 1.48. The number of hydrogen-bond donors (Lipinski definition) is 1. The van der Waals surface area contributed by atoms with Gasteiger partial charge in [0.05, 0.1) is 6.54 Å². The summed E-state index contributed by atoms with van der Waals surface area (Å²) in [6.45, 7) is 5.34. The van der Waals surface area contributed by atoms with Crippen molar-refractivity contribution in [3.8, 4) is 0 Å². The first-order chi connectivity index (χ1) is 14.6. The van der Waals surface area contributed by atoms with Crippen LogP contribution >= 0.6 is 0 Å². The highest BCUT2D eigenvalue weighted by Gasteiger charge is 2.37. The van der Waals surface area contributed by atoms with Gasteiger partial charge in [-0.3, -0.25) is 14.5 Å². The standard InChI is InChI=1S/C25H31N3O2/c1-19-11-14-27(15-12-19)25(30)24-22-10-6-5-9-21(22)13-16-28(24)18-23(29)26-17-20-7-3-2-4-8-20/h2-10,19,24H,11-18H2,1H3,(H,26,29)/t24-/m0/s1. The maximum Gasteiger partial charge on any atom is 0.244 e. The molecule has 1 saturated heterocycles. The van der Waals surface area contributed by atoms with Crippen molar-refractivity contribution in [1.29, 1.82) is 0 Å². The number of piperidine rings is 1. The number of benzene rings is 2. The fourth-order valence-electron chi connectivity index (χ4n) is 4.52. The molecule has 1 atom stereocenters. The Morgan fingerprint density at radius 3 is 2.43 bits per heavy atom. The van der Waals surface area contributed by atoms with Gasteiger partial charge < -0.3 is 10.2 Å². The van der Waals surface area contributed by atoms with E-state index in [1.165, 1.54) is 5.56 Å². The Hall–Kier alpha value is -2.66. The lowest BCUT2D eigenvalue weighted by molar-refractivity contribution is -0.140. The predicted octanol–water partition coefficient (Wildman–Crippen LogP) is 3.16. The Morgan fingerprint density at radius 1 is 0.967 bits per heavy atom. The first-order valence-corrected chi connectivity index (χ1v) is 11.0. The third kappa shape index (κ3) is 4.73. The van der Waals surface area contributed by atoms with Gasteiger partial charge in [-0.15, -0.1) is 0 Å². The Labute approximate surface area is 179 Å². The molecule has 158 valence electrons. The first-order valence-electron chi connectivity index (χ1n) is 11.0. The summed E-state index contributed by atoms with van der Waals surface area (Å²) < 4.78 is 0. The lowest BCUT2D eigenvalue weighted by Crippen LogP contribution is -2.50. The zero-order chi connectivity index (χ0) is 20.9. The van der Waals surface area contributed by atoms with Gasteiger partial charge in [0, 0.05) is 26.2 Å². The number of nitrogens with zero attached hydrogens (tertiary/aromatic N) is 2. The molecule has 0 aromatic heterocycles. The van der Waals surface area contributed by atoms with Crippen LogP contribution in [0, 0.1) is 5.92 Å². The highest BCUT2D eigenvalue weighted by molar-refractivity contribution is 5.85. The summed E-state index contributed by atoms with van der Waals surface area (Å²) in [6.07, 6.45) is 2.97. The molecule has 2 amide bonds. The molecule has 1 N–H and O–H groups in total. The molecule has 4 rings (SSSR count). The van der Waals surface area contributed by atoms with Crippen molar-refractivity contribution >= 4 is 11.8 Å².